The molecular formula is C15H22ClN3O2. The number of likely N-dealkylation sites (N-methyl/N-ethyl adjacent to an activating group) is 1. The molecule has 0 aliphatic carbocycles. The first kappa shape index (κ1) is 17.5. The highest BCUT2D eigenvalue weighted by atomic mass is 35.5. The monoisotopic (exact) mass is 311 g/mol. The van der Waals surface area contributed by atoms with Crippen LogP contribution in [0.2, 0.25) is 0 Å². The van der Waals surface area contributed by atoms with E-state index in [9.17, 15) is 9.59 Å². The average molecular weight is 312 g/mol. The van der Waals surface area contributed by atoms with Crippen LogP contribution in [-0.2, 0) is 9.59 Å². The van der Waals surface area contributed by atoms with Crippen LogP contribution in [0.4, 0.5) is 11.4 Å². The van der Waals surface area contributed by atoms with Crippen molar-refractivity contribution in [3.8, 4) is 0 Å². The molecule has 1 aliphatic rings. The number of rotatable bonds is 0. The molecule has 6 heteroatoms. The maximum Gasteiger partial charge on any atom is 0.245 e. The third-order valence-electron chi connectivity index (χ3n) is 3.45. The van der Waals surface area contributed by atoms with Crippen molar-refractivity contribution in [1.29, 1.82) is 0 Å². The van der Waals surface area contributed by atoms with Crippen molar-refractivity contribution in [3.63, 3.8) is 0 Å². The molecule has 1 heterocycles. The van der Waals surface area contributed by atoms with E-state index in [1.807, 2.05) is 45.0 Å². The fourth-order valence-corrected chi connectivity index (χ4v) is 2.31. The number of nitrogens with two attached hydrogens (primary N) is 1. The molecular weight excluding hydrogens is 290 g/mol. The van der Waals surface area contributed by atoms with Gasteiger partial charge in [-0.2, -0.15) is 0 Å². The summed E-state index contributed by atoms with van der Waals surface area (Å²) >= 11 is 0. The Bertz CT molecular complexity index is 554. The van der Waals surface area contributed by atoms with Crippen LogP contribution >= 0.6 is 12.4 Å². The number of benzene rings is 1. The minimum Gasteiger partial charge on any atom is -0.318 e. The second-order valence-corrected chi connectivity index (χ2v) is 6.16. The number of hydrogen-bond donors (Lipinski definition) is 1. The van der Waals surface area contributed by atoms with Gasteiger partial charge in [0.05, 0.1) is 17.9 Å². The fraction of sp³-hybridized carbons (Fsp3) is 0.467. The minimum absolute atomic E-state index is 0. The Labute approximate surface area is 131 Å². The van der Waals surface area contributed by atoms with Crippen molar-refractivity contribution in [2.24, 2.45) is 11.1 Å². The first-order valence-electron chi connectivity index (χ1n) is 6.67. The van der Waals surface area contributed by atoms with Crippen LogP contribution in [0.15, 0.2) is 24.3 Å². The highest BCUT2D eigenvalue weighted by Crippen LogP contribution is 2.34. The number of fused-ring (bicyclic) bond motifs is 1. The quantitative estimate of drug-likeness (QED) is 0.794. The summed E-state index contributed by atoms with van der Waals surface area (Å²) in [6, 6.07) is 6.67. The topological polar surface area (TPSA) is 66.6 Å². The van der Waals surface area contributed by atoms with E-state index < -0.39 is 11.5 Å². The molecule has 0 saturated heterocycles. The van der Waals surface area contributed by atoms with E-state index in [4.69, 9.17) is 5.73 Å². The fourth-order valence-electron chi connectivity index (χ4n) is 2.31. The lowest BCUT2D eigenvalue weighted by Gasteiger charge is -2.30. The molecule has 0 unspecified atom stereocenters. The maximum atomic E-state index is 12.6. The van der Waals surface area contributed by atoms with Gasteiger partial charge in [0.1, 0.15) is 6.04 Å². The number of nitrogens with zero attached hydrogens (tertiary/aromatic N) is 2. The Hall–Kier alpha value is -1.59. The van der Waals surface area contributed by atoms with Gasteiger partial charge in [-0.1, -0.05) is 32.9 Å². The van der Waals surface area contributed by atoms with Crippen LogP contribution in [0, 0.1) is 5.41 Å². The number of para-hydroxylation sites is 2. The number of carbonyl (C=O) groups excluding carboxylic acids is 2. The van der Waals surface area contributed by atoms with Crippen LogP contribution in [-0.4, -0.2) is 31.4 Å². The third kappa shape index (κ3) is 3.19. The van der Waals surface area contributed by atoms with Crippen molar-refractivity contribution in [2.75, 3.05) is 23.4 Å². The van der Waals surface area contributed by atoms with Crippen LogP contribution in [0.1, 0.15) is 20.8 Å². The Morgan fingerprint density at radius 1 is 1.24 bits per heavy atom. The largest absolute Gasteiger partial charge is 0.318 e. The number of hydrogen-bond acceptors (Lipinski definition) is 3. The second kappa shape index (κ2) is 6.03. The van der Waals surface area contributed by atoms with E-state index in [0.29, 0.717) is 5.69 Å². The van der Waals surface area contributed by atoms with E-state index in [0.717, 1.165) is 5.69 Å². The molecule has 1 aliphatic heterocycles. The Balaban J connectivity index is 0.00000220. The van der Waals surface area contributed by atoms with E-state index in [1.54, 1.807) is 11.9 Å². The highest BCUT2D eigenvalue weighted by molar-refractivity contribution is 6.07. The molecule has 0 fully saturated rings. The van der Waals surface area contributed by atoms with E-state index in [-0.39, 0.29) is 30.8 Å². The summed E-state index contributed by atoms with van der Waals surface area (Å²) in [6.07, 6.45) is 0. The summed E-state index contributed by atoms with van der Waals surface area (Å²) in [4.78, 5) is 28.0. The molecule has 2 N–H and O–H groups in total. The first-order chi connectivity index (χ1) is 9.23. The SMILES string of the molecule is CN1C(=O)[C@@H](N)CN(C(=O)C(C)(C)C)c2ccccc21.Cl. The van der Waals surface area contributed by atoms with Gasteiger partial charge >= 0.3 is 0 Å². The van der Waals surface area contributed by atoms with Crippen LogP contribution in [0.5, 0.6) is 0 Å². The molecule has 1 aromatic rings. The Morgan fingerprint density at radius 2 is 1.76 bits per heavy atom. The van der Waals surface area contributed by atoms with Gasteiger partial charge in [-0.25, -0.2) is 0 Å². The molecule has 0 spiro atoms. The van der Waals surface area contributed by atoms with Gasteiger partial charge in [-0.15, -0.1) is 12.4 Å². The summed E-state index contributed by atoms with van der Waals surface area (Å²) in [6.45, 7) is 5.79. The summed E-state index contributed by atoms with van der Waals surface area (Å²) in [5.41, 5.74) is 6.85. The van der Waals surface area contributed by atoms with Gasteiger partial charge < -0.3 is 15.5 Å². The molecule has 0 saturated carbocycles. The Morgan fingerprint density at radius 3 is 2.29 bits per heavy atom. The molecule has 0 bridgehead atoms. The smallest absolute Gasteiger partial charge is 0.245 e. The van der Waals surface area contributed by atoms with Crippen molar-refractivity contribution < 1.29 is 9.59 Å². The average Bonchev–Trinajstić information content (AvgIpc) is 2.49. The summed E-state index contributed by atoms with van der Waals surface area (Å²) in [5, 5.41) is 0. The predicted octanol–water partition coefficient (Wildman–Crippen LogP) is 1.79. The summed E-state index contributed by atoms with van der Waals surface area (Å²) in [5.74, 6) is -0.217. The normalized spacial score (nSPS) is 18.7. The predicted molar refractivity (Wildman–Crippen MR) is 86.9 cm³/mol. The number of amides is 2. The van der Waals surface area contributed by atoms with Crippen LogP contribution < -0.4 is 15.5 Å². The summed E-state index contributed by atoms with van der Waals surface area (Å²) in [7, 11) is 1.69. The van der Waals surface area contributed by atoms with Gasteiger partial charge in [-0.05, 0) is 12.1 Å². The molecule has 116 valence electrons. The molecule has 1 aromatic carbocycles. The molecule has 5 nitrogen and oxygen atoms in total. The number of carbonyl (C=O) groups is 2. The summed E-state index contributed by atoms with van der Waals surface area (Å²) < 4.78 is 0. The zero-order valence-electron chi connectivity index (χ0n) is 12.8. The maximum absolute atomic E-state index is 12.6. The van der Waals surface area contributed by atoms with E-state index >= 15 is 0 Å². The highest BCUT2D eigenvalue weighted by Gasteiger charge is 2.36. The van der Waals surface area contributed by atoms with Crippen molar-refractivity contribution in [3.05, 3.63) is 24.3 Å². The first-order valence-corrected chi connectivity index (χ1v) is 6.67. The van der Waals surface area contributed by atoms with Crippen LogP contribution in [0.3, 0.4) is 0 Å². The van der Waals surface area contributed by atoms with Crippen molar-refractivity contribution in [2.45, 2.75) is 26.8 Å². The lowest BCUT2D eigenvalue weighted by Crippen LogP contribution is -2.49. The zero-order chi connectivity index (χ0) is 15.1. The number of halogens is 1. The van der Waals surface area contributed by atoms with Gasteiger partial charge in [0.2, 0.25) is 11.8 Å². The molecule has 0 radical (unpaired) electrons. The van der Waals surface area contributed by atoms with Crippen molar-refractivity contribution in [1.82, 2.24) is 0 Å². The van der Waals surface area contributed by atoms with Crippen LogP contribution in [0.25, 0.3) is 0 Å². The molecule has 2 rings (SSSR count). The Kier molecular flexibility index (Phi) is 5.02. The van der Waals surface area contributed by atoms with Gasteiger partial charge in [0.15, 0.2) is 0 Å². The van der Waals surface area contributed by atoms with Gasteiger partial charge in [0.25, 0.3) is 0 Å². The molecule has 0 aromatic heterocycles. The lowest BCUT2D eigenvalue weighted by atomic mass is 9.94. The standard InChI is InChI=1S/C15H21N3O2.ClH/c1-15(2,3)14(20)18-9-10(16)13(19)17(4)11-7-5-6-8-12(11)18;/h5-8,10H,9,16H2,1-4H3;1H/t10-;/m0./s1. The van der Waals surface area contributed by atoms with Crippen molar-refractivity contribution >= 4 is 35.6 Å². The molecule has 21 heavy (non-hydrogen) atoms. The third-order valence-corrected chi connectivity index (χ3v) is 3.45. The van der Waals surface area contributed by atoms with E-state index in [2.05, 4.69) is 0 Å². The number of anilines is 2. The van der Waals surface area contributed by atoms with Gasteiger partial charge in [0, 0.05) is 12.5 Å². The molecule has 2 amide bonds. The van der Waals surface area contributed by atoms with Gasteiger partial charge in [-0.3, -0.25) is 9.59 Å². The van der Waals surface area contributed by atoms with E-state index in [1.165, 1.54) is 4.90 Å². The lowest BCUT2D eigenvalue weighted by molar-refractivity contribution is -0.125. The second-order valence-electron chi connectivity index (χ2n) is 6.16. The minimum atomic E-state index is -0.710. The molecule has 1 atom stereocenters. The zero-order valence-corrected chi connectivity index (χ0v) is 13.6.